The normalized spacial score (nSPS) is 21.4. The maximum atomic E-state index is 13.0. The van der Waals surface area contributed by atoms with Gasteiger partial charge in [-0.3, -0.25) is 19.3 Å². The van der Waals surface area contributed by atoms with Crippen molar-refractivity contribution in [2.45, 2.75) is 12.5 Å². The van der Waals surface area contributed by atoms with Crippen LogP contribution in [0.25, 0.3) is 0 Å². The van der Waals surface area contributed by atoms with Crippen molar-refractivity contribution in [2.24, 2.45) is 0 Å². The van der Waals surface area contributed by atoms with Gasteiger partial charge in [-0.1, -0.05) is 34.1 Å². The van der Waals surface area contributed by atoms with E-state index in [2.05, 4.69) is 21.2 Å². The number of carbonyl (C=O) groups is 4. The molecule has 0 bridgehead atoms. The summed E-state index contributed by atoms with van der Waals surface area (Å²) in [6.45, 7) is 2.87. The molecule has 162 valence electrons. The number of rotatable bonds is 4. The van der Waals surface area contributed by atoms with Crippen molar-refractivity contribution in [3.63, 3.8) is 0 Å². The first-order valence-electron chi connectivity index (χ1n) is 9.80. The molecule has 0 aliphatic carbocycles. The van der Waals surface area contributed by atoms with E-state index in [4.69, 9.17) is 0 Å². The monoisotopic (exact) mass is 504 g/mol. The van der Waals surface area contributed by atoms with Gasteiger partial charge in [-0.15, -0.1) is 11.3 Å². The van der Waals surface area contributed by atoms with Gasteiger partial charge in [-0.05, 0) is 36.1 Å². The fourth-order valence-corrected chi connectivity index (χ4v) is 4.72. The minimum absolute atomic E-state index is 0.0403. The molecule has 2 saturated heterocycles. The Labute approximate surface area is 191 Å². The third kappa shape index (κ3) is 4.09. The number of hydrogen-bond donors (Lipinski definition) is 1. The number of carbonyl (C=O) groups excluding carboxylic acids is 4. The Morgan fingerprint density at radius 2 is 1.71 bits per heavy atom. The molecule has 0 radical (unpaired) electrons. The maximum Gasteiger partial charge on any atom is 0.325 e. The molecule has 1 aromatic heterocycles. The molecule has 8 nitrogen and oxygen atoms in total. The maximum absolute atomic E-state index is 13.0. The number of piperazine rings is 1. The van der Waals surface area contributed by atoms with Crippen LogP contribution in [0.15, 0.2) is 46.3 Å². The number of urea groups is 1. The molecule has 2 aromatic rings. The number of imide groups is 1. The van der Waals surface area contributed by atoms with E-state index < -0.39 is 17.5 Å². The minimum Gasteiger partial charge on any atom is -0.338 e. The molecule has 2 fully saturated rings. The van der Waals surface area contributed by atoms with Crippen molar-refractivity contribution in [3.05, 3.63) is 56.7 Å². The molecule has 1 unspecified atom stereocenters. The molecule has 2 aliphatic heterocycles. The average Bonchev–Trinajstić information content (AvgIpc) is 3.38. The van der Waals surface area contributed by atoms with E-state index in [1.807, 2.05) is 11.4 Å². The van der Waals surface area contributed by atoms with Gasteiger partial charge in [-0.2, -0.15) is 0 Å². The second-order valence-electron chi connectivity index (χ2n) is 7.60. The molecule has 0 spiro atoms. The lowest BCUT2D eigenvalue weighted by Gasteiger charge is -2.35. The van der Waals surface area contributed by atoms with Gasteiger partial charge in [-0.25, -0.2) is 4.79 Å². The first kappa shape index (κ1) is 21.5. The summed E-state index contributed by atoms with van der Waals surface area (Å²) < 4.78 is 0.861. The molecule has 5 amide bonds. The van der Waals surface area contributed by atoms with Gasteiger partial charge in [0.1, 0.15) is 12.1 Å². The number of hydrogen-bond acceptors (Lipinski definition) is 5. The number of amides is 5. The van der Waals surface area contributed by atoms with E-state index in [0.717, 1.165) is 9.37 Å². The largest absolute Gasteiger partial charge is 0.338 e. The standard InChI is InChI=1S/C21H21BrN4O4S/c1-21(14-4-6-15(22)7-5-14)19(29)26(20(30)23-21)13-17(27)24-8-10-25(11-9-24)18(28)16-3-2-12-31-16/h2-7,12H,8-11,13H2,1H3,(H,23,30). The summed E-state index contributed by atoms with van der Waals surface area (Å²) >= 11 is 4.74. The molecule has 1 atom stereocenters. The molecule has 31 heavy (non-hydrogen) atoms. The number of nitrogens with zero attached hydrogens (tertiary/aromatic N) is 3. The van der Waals surface area contributed by atoms with E-state index in [1.54, 1.807) is 47.1 Å². The Hall–Kier alpha value is -2.72. The van der Waals surface area contributed by atoms with Crippen LogP contribution in [0.1, 0.15) is 22.2 Å². The Kier molecular flexibility index (Phi) is 5.85. The van der Waals surface area contributed by atoms with E-state index in [9.17, 15) is 19.2 Å². The lowest BCUT2D eigenvalue weighted by Crippen LogP contribution is -2.53. The highest BCUT2D eigenvalue weighted by atomic mass is 79.9. The fourth-order valence-electron chi connectivity index (χ4n) is 3.77. The highest BCUT2D eigenvalue weighted by Crippen LogP contribution is 2.29. The van der Waals surface area contributed by atoms with Crippen LogP contribution in [0.4, 0.5) is 4.79 Å². The quantitative estimate of drug-likeness (QED) is 0.646. The van der Waals surface area contributed by atoms with Crippen LogP contribution in [-0.2, 0) is 15.1 Å². The average molecular weight is 505 g/mol. The summed E-state index contributed by atoms with van der Waals surface area (Å²) in [5.41, 5.74) is -0.575. The van der Waals surface area contributed by atoms with E-state index in [-0.39, 0.29) is 18.4 Å². The summed E-state index contributed by atoms with van der Waals surface area (Å²) in [5.74, 6) is -0.812. The van der Waals surface area contributed by atoms with Gasteiger partial charge < -0.3 is 15.1 Å². The summed E-state index contributed by atoms with van der Waals surface area (Å²) in [6.07, 6.45) is 0. The molecular formula is C21H21BrN4O4S. The summed E-state index contributed by atoms with van der Waals surface area (Å²) in [6, 6.07) is 10.1. The SMILES string of the molecule is CC1(c2ccc(Br)cc2)NC(=O)N(CC(=O)N2CCN(C(=O)c3cccs3)CC2)C1=O. The van der Waals surface area contributed by atoms with Gasteiger partial charge in [0.2, 0.25) is 5.91 Å². The van der Waals surface area contributed by atoms with E-state index in [1.165, 1.54) is 11.3 Å². The number of benzene rings is 1. The van der Waals surface area contributed by atoms with Crippen molar-refractivity contribution in [2.75, 3.05) is 32.7 Å². The van der Waals surface area contributed by atoms with Crippen LogP contribution < -0.4 is 5.32 Å². The smallest absolute Gasteiger partial charge is 0.325 e. The minimum atomic E-state index is -1.22. The Morgan fingerprint density at radius 3 is 2.32 bits per heavy atom. The van der Waals surface area contributed by atoms with Crippen LogP contribution in [0, 0.1) is 0 Å². The van der Waals surface area contributed by atoms with E-state index in [0.29, 0.717) is 36.6 Å². The van der Waals surface area contributed by atoms with Crippen molar-refractivity contribution in [1.82, 2.24) is 20.0 Å². The van der Waals surface area contributed by atoms with Gasteiger partial charge in [0.25, 0.3) is 11.8 Å². The highest BCUT2D eigenvalue weighted by molar-refractivity contribution is 9.10. The zero-order chi connectivity index (χ0) is 22.2. The molecule has 10 heteroatoms. The zero-order valence-corrected chi connectivity index (χ0v) is 19.2. The fraction of sp³-hybridized carbons (Fsp3) is 0.333. The summed E-state index contributed by atoms with van der Waals surface area (Å²) in [4.78, 5) is 55.7. The van der Waals surface area contributed by atoms with Gasteiger partial charge in [0.15, 0.2) is 0 Å². The van der Waals surface area contributed by atoms with Crippen molar-refractivity contribution >= 4 is 51.0 Å². The second-order valence-corrected chi connectivity index (χ2v) is 9.47. The number of halogens is 1. The predicted molar refractivity (Wildman–Crippen MR) is 119 cm³/mol. The van der Waals surface area contributed by atoms with Gasteiger partial charge in [0, 0.05) is 30.7 Å². The molecule has 1 N–H and O–H groups in total. The second kappa shape index (κ2) is 8.43. The van der Waals surface area contributed by atoms with Crippen molar-refractivity contribution in [1.29, 1.82) is 0 Å². The number of nitrogens with one attached hydrogen (secondary N) is 1. The Balaban J connectivity index is 1.37. The molecule has 4 rings (SSSR count). The van der Waals surface area contributed by atoms with E-state index >= 15 is 0 Å². The van der Waals surface area contributed by atoms with Crippen LogP contribution in [0.3, 0.4) is 0 Å². The third-order valence-electron chi connectivity index (χ3n) is 5.64. The van der Waals surface area contributed by atoms with Gasteiger partial charge in [0.05, 0.1) is 4.88 Å². The lowest BCUT2D eigenvalue weighted by atomic mass is 9.92. The highest BCUT2D eigenvalue weighted by Gasteiger charge is 2.49. The van der Waals surface area contributed by atoms with Crippen molar-refractivity contribution in [3.8, 4) is 0 Å². The molecule has 2 aliphatic rings. The predicted octanol–water partition coefficient (Wildman–Crippen LogP) is 2.26. The topological polar surface area (TPSA) is 90.0 Å². The molecule has 1 aromatic carbocycles. The lowest BCUT2D eigenvalue weighted by molar-refractivity contribution is -0.139. The number of thiophene rings is 1. The summed E-state index contributed by atoms with van der Waals surface area (Å²) in [7, 11) is 0. The van der Waals surface area contributed by atoms with Crippen LogP contribution in [0.2, 0.25) is 0 Å². The Morgan fingerprint density at radius 1 is 1.06 bits per heavy atom. The first-order chi connectivity index (χ1) is 14.8. The molecule has 3 heterocycles. The zero-order valence-electron chi connectivity index (χ0n) is 16.8. The van der Waals surface area contributed by atoms with Crippen LogP contribution in [0.5, 0.6) is 0 Å². The molecule has 0 saturated carbocycles. The van der Waals surface area contributed by atoms with Crippen LogP contribution >= 0.6 is 27.3 Å². The van der Waals surface area contributed by atoms with Crippen LogP contribution in [-0.4, -0.2) is 71.2 Å². The van der Waals surface area contributed by atoms with Gasteiger partial charge >= 0.3 is 6.03 Å². The Bertz CT molecular complexity index is 1020. The van der Waals surface area contributed by atoms with Crippen molar-refractivity contribution < 1.29 is 19.2 Å². The third-order valence-corrected chi connectivity index (χ3v) is 7.03. The molecular weight excluding hydrogens is 484 g/mol. The first-order valence-corrected chi connectivity index (χ1v) is 11.5. The summed E-state index contributed by atoms with van der Waals surface area (Å²) in [5, 5.41) is 4.57.